The Labute approximate surface area is 178 Å². The van der Waals surface area contributed by atoms with Crippen LogP contribution in [0.5, 0.6) is 0 Å². The van der Waals surface area contributed by atoms with Crippen LogP contribution in [0.25, 0.3) is 22.4 Å². The zero-order valence-electron chi connectivity index (χ0n) is 16.4. The summed E-state index contributed by atoms with van der Waals surface area (Å²) in [4.78, 5) is 30.4. The van der Waals surface area contributed by atoms with Gasteiger partial charge in [0.05, 0.1) is 11.2 Å². The van der Waals surface area contributed by atoms with Crippen molar-refractivity contribution in [1.82, 2.24) is 24.8 Å². The first kappa shape index (κ1) is 19.2. The molecule has 0 bridgehead atoms. The van der Waals surface area contributed by atoms with E-state index in [2.05, 4.69) is 25.3 Å². The summed E-state index contributed by atoms with van der Waals surface area (Å²) >= 11 is 6.07. The average Bonchev–Trinajstić information content (AvgIpc) is 3.11. The van der Waals surface area contributed by atoms with Crippen molar-refractivity contribution < 1.29 is 9.18 Å². The Kier molecular flexibility index (Phi) is 5.02. The van der Waals surface area contributed by atoms with E-state index >= 15 is 0 Å². The molecule has 1 amide bonds. The van der Waals surface area contributed by atoms with Gasteiger partial charge in [0.1, 0.15) is 5.65 Å². The van der Waals surface area contributed by atoms with Gasteiger partial charge in [-0.25, -0.2) is 19.3 Å². The number of rotatable bonds is 4. The van der Waals surface area contributed by atoms with Crippen molar-refractivity contribution in [2.75, 3.05) is 18.4 Å². The molecule has 2 fully saturated rings. The summed E-state index contributed by atoms with van der Waals surface area (Å²) in [5, 5.41) is 4.47. The summed E-state index contributed by atoms with van der Waals surface area (Å²) in [6, 6.07) is 1.74. The number of fused-ring (bicyclic) bond motifs is 1. The second-order valence-corrected chi connectivity index (χ2v) is 8.47. The van der Waals surface area contributed by atoms with Crippen molar-refractivity contribution in [1.29, 1.82) is 0 Å². The number of nitrogens with zero attached hydrogens (tertiary/aromatic N) is 4. The SMILES string of the molecule is O=C(C1CCC1)N1CCCC(Nc2nc(-c3c[nH]c4ncc(Cl)cc34)ncc2F)C1. The molecule has 1 saturated heterocycles. The van der Waals surface area contributed by atoms with Crippen LogP contribution in [-0.4, -0.2) is 49.9 Å². The third kappa shape index (κ3) is 3.60. The molecule has 1 atom stereocenters. The zero-order valence-corrected chi connectivity index (χ0v) is 17.1. The quantitative estimate of drug-likeness (QED) is 0.655. The van der Waals surface area contributed by atoms with E-state index in [1.54, 1.807) is 18.5 Å². The number of pyridine rings is 1. The Morgan fingerprint density at radius 1 is 1.23 bits per heavy atom. The van der Waals surface area contributed by atoms with Crippen LogP contribution in [-0.2, 0) is 4.79 Å². The summed E-state index contributed by atoms with van der Waals surface area (Å²) in [6.07, 6.45) is 9.33. The summed E-state index contributed by atoms with van der Waals surface area (Å²) in [5.74, 6) is 0.421. The van der Waals surface area contributed by atoms with Gasteiger partial charge >= 0.3 is 0 Å². The third-order valence-corrected chi connectivity index (χ3v) is 6.22. The Morgan fingerprint density at radius 2 is 2.10 bits per heavy atom. The van der Waals surface area contributed by atoms with Gasteiger partial charge in [-0.3, -0.25) is 4.79 Å². The molecule has 0 spiro atoms. The van der Waals surface area contributed by atoms with E-state index in [1.165, 1.54) is 6.20 Å². The molecule has 156 valence electrons. The number of hydrogen-bond donors (Lipinski definition) is 2. The van der Waals surface area contributed by atoms with Gasteiger partial charge < -0.3 is 15.2 Å². The van der Waals surface area contributed by atoms with Gasteiger partial charge in [-0.05, 0) is 31.7 Å². The predicted octanol–water partition coefficient (Wildman–Crippen LogP) is 4.02. The fourth-order valence-corrected chi connectivity index (χ4v) is 4.32. The van der Waals surface area contributed by atoms with Crippen molar-refractivity contribution in [3.63, 3.8) is 0 Å². The predicted molar refractivity (Wildman–Crippen MR) is 113 cm³/mol. The lowest BCUT2D eigenvalue weighted by Crippen LogP contribution is -2.48. The van der Waals surface area contributed by atoms with Gasteiger partial charge in [0, 0.05) is 48.4 Å². The normalized spacial score (nSPS) is 19.7. The Balaban J connectivity index is 1.37. The molecule has 9 heteroatoms. The Morgan fingerprint density at radius 3 is 2.90 bits per heavy atom. The largest absolute Gasteiger partial charge is 0.363 e. The van der Waals surface area contributed by atoms with E-state index in [-0.39, 0.29) is 23.7 Å². The maximum Gasteiger partial charge on any atom is 0.225 e. The van der Waals surface area contributed by atoms with Gasteiger partial charge in [0.15, 0.2) is 17.5 Å². The first-order chi connectivity index (χ1) is 14.6. The van der Waals surface area contributed by atoms with Crippen molar-refractivity contribution in [2.24, 2.45) is 5.92 Å². The minimum atomic E-state index is -0.516. The van der Waals surface area contributed by atoms with Crippen LogP contribution >= 0.6 is 11.6 Å². The minimum absolute atomic E-state index is 0.0425. The van der Waals surface area contributed by atoms with Crippen molar-refractivity contribution in [3.05, 3.63) is 35.5 Å². The van der Waals surface area contributed by atoms with Gasteiger partial charge in [-0.1, -0.05) is 18.0 Å². The van der Waals surface area contributed by atoms with Gasteiger partial charge in [-0.2, -0.15) is 0 Å². The number of aromatic nitrogens is 4. The number of likely N-dealkylation sites (tertiary alicyclic amines) is 1. The number of amides is 1. The maximum absolute atomic E-state index is 14.5. The highest BCUT2D eigenvalue weighted by Gasteiger charge is 2.32. The molecular formula is C21H22ClFN6O. The summed E-state index contributed by atoms with van der Waals surface area (Å²) in [6.45, 7) is 1.34. The number of carbonyl (C=O) groups is 1. The number of aromatic amines is 1. The Bertz CT molecular complexity index is 1100. The lowest BCUT2D eigenvalue weighted by Gasteiger charge is -2.37. The second-order valence-electron chi connectivity index (χ2n) is 8.04. The van der Waals surface area contributed by atoms with Crippen LogP contribution in [0.1, 0.15) is 32.1 Å². The second kappa shape index (κ2) is 7.83. The highest BCUT2D eigenvalue weighted by Crippen LogP contribution is 2.31. The number of halogens is 2. The molecule has 1 aliphatic heterocycles. The molecule has 2 aliphatic rings. The van der Waals surface area contributed by atoms with E-state index in [0.717, 1.165) is 44.0 Å². The molecular weight excluding hydrogens is 407 g/mol. The first-order valence-electron chi connectivity index (χ1n) is 10.3. The minimum Gasteiger partial charge on any atom is -0.363 e. The van der Waals surface area contributed by atoms with E-state index in [9.17, 15) is 9.18 Å². The fourth-order valence-electron chi connectivity index (χ4n) is 4.16. The number of hydrogen-bond acceptors (Lipinski definition) is 5. The smallest absolute Gasteiger partial charge is 0.225 e. The van der Waals surface area contributed by atoms with E-state index in [0.29, 0.717) is 28.6 Å². The lowest BCUT2D eigenvalue weighted by molar-refractivity contribution is -0.139. The monoisotopic (exact) mass is 428 g/mol. The van der Waals surface area contributed by atoms with Crippen LogP contribution in [0.2, 0.25) is 5.02 Å². The Hall–Kier alpha value is -2.74. The molecule has 1 aliphatic carbocycles. The highest BCUT2D eigenvalue weighted by molar-refractivity contribution is 6.31. The number of nitrogens with one attached hydrogen (secondary N) is 2. The topological polar surface area (TPSA) is 86.8 Å². The molecule has 1 unspecified atom stereocenters. The molecule has 5 rings (SSSR count). The van der Waals surface area contributed by atoms with Crippen LogP contribution in [0, 0.1) is 11.7 Å². The zero-order chi connectivity index (χ0) is 20.7. The molecule has 3 aromatic heterocycles. The summed E-state index contributed by atoms with van der Waals surface area (Å²) in [5.41, 5.74) is 1.36. The number of H-pyrrole nitrogens is 1. The van der Waals surface area contributed by atoms with Crippen molar-refractivity contribution in [2.45, 2.75) is 38.1 Å². The molecule has 1 saturated carbocycles. The molecule has 0 radical (unpaired) electrons. The van der Waals surface area contributed by atoms with E-state index in [4.69, 9.17) is 11.6 Å². The van der Waals surface area contributed by atoms with Crippen LogP contribution in [0.15, 0.2) is 24.7 Å². The van der Waals surface area contributed by atoms with Crippen LogP contribution < -0.4 is 5.32 Å². The molecule has 0 aromatic carbocycles. The highest BCUT2D eigenvalue weighted by atomic mass is 35.5. The molecule has 7 nitrogen and oxygen atoms in total. The van der Waals surface area contributed by atoms with Crippen molar-refractivity contribution >= 4 is 34.4 Å². The van der Waals surface area contributed by atoms with Gasteiger partial charge in [0.2, 0.25) is 5.91 Å². The molecule has 3 aromatic rings. The van der Waals surface area contributed by atoms with Crippen LogP contribution in [0.3, 0.4) is 0 Å². The summed E-state index contributed by atoms with van der Waals surface area (Å²) < 4.78 is 14.5. The third-order valence-electron chi connectivity index (χ3n) is 6.01. The lowest BCUT2D eigenvalue weighted by atomic mass is 9.84. The van der Waals surface area contributed by atoms with E-state index in [1.807, 2.05) is 4.90 Å². The van der Waals surface area contributed by atoms with Gasteiger partial charge in [0.25, 0.3) is 0 Å². The fraction of sp³-hybridized carbons (Fsp3) is 0.429. The molecule has 30 heavy (non-hydrogen) atoms. The van der Waals surface area contributed by atoms with Gasteiger partial charge in [-0.15, -0.1) is 0 Å². The van der Waals surface area contributed by atoms with Crippen molar-refractivity contribution in [3.8, 4) is 11.4 Å². The summed E-state index contributed by atoms with van der Waals surface area (Å²) in [7, 11) is 0. The molecule has 2 N–H and O–H groups in total. The number of anilines is 1. The standard InChI is InChI=1S/C21H22ClFN6O/c22-13-7-15-16(9-25-18(15)24-8-13)19-26-10-17(23)20(28-19)27-14-5-2-6-29(11-14)21(30)12-3-1-4-12/h7-10,12,14H,1-6,11H2,(H,24,25)(H,26,27,28). The number of piperidine rings is 1. The van der Waals surface area contributed by atoms with Crippen LogP contribution in [0.4, 0.5) is 10.2 Å². The molecule has 4 heterocycles. The van der Waals surface area contributed by atoms with E-state index < -0.39 is 5.82 Å². The average molecular weight is 429 g/mol. The first-order valence-corrected chi connectivity index (χ1v) is 10.7. The maximum atomic E-state index is 14.5. The number of carbonyl (C=O) groups excluding carboxylic acids is 1.